The molecule has 0 aliphatic carbocycles. The van der Waals surface area contributed by atoms with Gasteiger partial charge >= 0.3 is 0 Å². The summed E-state index contributed by atoms with van der Waals surface area (Å²) in [4.78, 5) is 0. The molecule has 4 rings (SSSR count). The van der Waals surface area contributed by atoms with Crippen LogP contribution in [0.2, 0.25) is 6.55 Å². The van der Waals surface area contributed by atoms with Crippen LogP contribution < -0.4 is 27.0 Å². The largest absolute Gasteiger partial charge is 0.283 e. The van der Waals surface area contributed by atoms with E-state index in [0.717, 1.165) is 0 Å². The molecule has 258 valence electrons. The molecule has 0 amide bonds. The van der Waals surface area contributed by atoms with Crippen LogP contribution in [-0.2, 0) is 0 Å². The molecule has 0 fully saturated rings. The van der Waals surface area contributed by atoms with Crippen LogP contribution in [0.25, 0.3) is 0 Å². The quantitative estimate of drug-likeness (QED) is 0.0719. The molecule has 0 heterocycles. The second-order valence-corrected chi connectivity index (χ2v) is 17.1. The van der Waals surface area contributed by atoms with Gasteiger partial charge in [0.1, 0.15) is 52.7 Å². The zero-order chi connectivity index (χ0) is 36.9. The molecule has 0 saturated heterocycles. The molecule has 0 bridgehead atoms. The highest BCUT2D eigenvalue weighted by Gasteiger charge is 2.53. The summed E-state index contributed by atoms with van der Waals surface area (Å²) in [5.74, 6) is -66.0. The molecule has 0 N–H and O–H groups in total. The van der Waals surface area contributed by atoms with E-state index in [2.05, 4.69) is 0 Å². The second kappa shape index (κ2) is 12.1. The van der Waals surface area contributed by atoms with E-state index >= 15 is 43.9 Å². The van der Waals surface area contributed by atoms with Crippen LogP contribution in [-0.4, -0.2) is 12.8 Å². The van der Waals surface area contributed by atoms with Gasteiger partial charge in [-0.3, -0.25) is 0 Å². The number of benzene rings is 4. The van der Waals surface area contributed by atoms with E-state index in [4.69, 9.17) is 22.2 Å². The topological polar surface area (TPSA) is 0 Å². The molecule has 0 nitrogen and oxygen atoms in total. The number of hydrogen-bond donors (Lipinski definition) is 0. The summed E-state index contributed by atoms with van der Waals surface area (Å²) in [5.41, 5.74) is -14.0. The van der Waals surface area contributed by atoms with E-state index in [1.165, 1.54) is 0 Å². The number of rotatable bonds is 5. The third kappa shape index (κ3) is 4.85. The van der Waals surface area contributed by atoms with E-state index in [1.54, 1.807) is 0 Å². The normalized spacial score (nSPS) is 12.4. The predicted molar refractivity (Wildman–Crippen MR) is 132 cm³/mol. The molecule has 4 aromatic carbocycles. The van der Waals surface area contributed by atoms with Crippen LogP contribution in [0.1, 0.15) is 0 Å². The molecule has 0 aliphatic rings. The van der Waals surface area contributed by atoms with Crippen molar-refractivity contribution >= 4 is 62.0 Å². The van der Waals surface area contributed by atoms with Crippen LogP contribution >= 0.6 is 22.2 Å². The summed E-state index contributed by atoms with van der Waals surface area (Å²) < 4.78 is 286. The van der Waals surface area contributed by atoms with E-state index < -0.39 is 150 Å². The second-order valence-electron chi connectivity index (χ2n) is 9.75. The third-order valence-electron chi connectivity index (χ3n) is 7.20. The summed E-state index contributed by atoms with van der Waals surface area (Å²) in [5, 5.41) is -2.10. The lowest BCUT2D eigenvalue weighted by molar-refractivity contribution is 0.379. The third-order valence-corrected chi connectivity index (χ3v) is 9.65. The standard InChI is InChI=1S/C25H3BCl2F19Si/c1-48(27,28)25-23(46)12(35)5(13(36)24(25)47)26(2-6(29)14(37)20(43)15(38)7(2)30,3-8(31)16(39)21(44)17(40)9(3)32)4-10(33)18(41)22(45)19(42)11(4)34/h1H3/q-1. The Morgan fingerprint density at radius 3 is 0.604 bits per heavy atom. The van der Waals surface area contributed by atoms with Gasteiger partial charge in [-0.25, -0.2) is 83.4 Å². The summed E-state index contributed by atoms with van der Waals surface area (Å²) >= 11 is 11.1. The first-order valence-electron chi connectivity index (χ1n) is 11.9. The van der Waals surface area contributed by atoms with Gasteiger partial charge in [-0.1, -0.05) is 0 Å². The van der Waals surface area contributed by atoms with Crippen molar-refractivity contribution in [2.24, 2.45) is 0 Å². The Bertz CT molecular complexity index is 1800. The molecule has 48 heavy (non-hydrogen) atoms. The van der Waals surface area contributed by atoms with Crippen LogP contribution in [0, 0.1) is 111 Å². The van der Waals surface area contributed by atoms with Gasteiger partial charge in [-0.15, -0.1) is 44.0 Å². The lowest BCUT2D eigenvalue weighted by atomic mass is 9.12. The highest BCUT2D eigenvalue weighted by molar-refractivity contribution is 7.50. The molecule has 0 saturated carbocycles. The van der Waals surface area contributed by atoms with Gasteiger partial charge in [-0.2, -0.15) is 0 Å². The Morgan fingerprint density at radius 2 is 0.438 bits per heavy atom. The van der Waals surface area contributed by atoms with Crippen molar-refractivity contribution in [1.29, 1.82) is 0 Å². The molecule has 0 aliphatic heterocycles. The summed E-state index contributed by atoms with van der Waals surface area (Å²) in [6.07, 6.45) is -7.16. The first kappa shape index (κ1) is 37.2. The molecule has 0 unspecified atom stereocenters. The Kier molecular flexibility index (Phi) is 9.37. The SMILES string of the molecule is C[Si](Cl)(Cl)c1c(F)c(F)c([B-](c2c(F)c(F)c(F)c(F)c2F)(c2c(F)c(F)c(F)c(F)c2F)c2c(F)c(F)c(F)c(F)c2F)c(F)c1F. The van der Waals surface area contributed by atoms with Crippen LogP contribution in [0.4, 0.5) is 83.4 Å². The average molecular weight is 774 g/mol. The molecule has 4 aromatic rings. The Hall–Kier alpha value is -3.59. The molecule has 0 radical (unpaired) electrons. The Balaban J connectivity index is 2.70. The van der Waals surface area contributed by atoms with Gasteiger partial charge in [0.05, 0.1) is 0 Å². The average Bonchev–Trinajstić information content (AvgIpc) is 3.01. The highest BCUT2D eigenvalue weighted by Crippen LogP contribution is 2.31. The summed E-state index contributed by atoms with van der Waals surface area (Å²) in [6, 6.07) is 0. The van der Waals surface area contributed by atoms with E-state index in [1.807, 2.05) is 0 Å². The molecular formula is C25H3BCl2F19Si-. The number of halogens is 21. The van der Waals surface area contributed by atoms with Crippen molar-refractivity contribution in [3.63, 3.8) is 0 Å². The Morgan fingerprint density at radius 1 is 0.292 bits per heavy atom. The smallest absolute Gasteiger partial charge is 0.207 e. The van der Waals surface area contributed by atoms with Gasteiger partial charge < -0.3 is 0 Å². The van der Waals surface area contributed by atoms with Gasteiger partial charge in [0.2, 0.25) is 0 Å². The van der Waals surface area contributed by atoms with Crippen molar-refractivity contribution in [3.05, 3.63) is 111 Å². The fourth-order valence-electron chi connectivity index (χ4n) is 5.29. The van der Waals surface area contributed by atoms with Gasteiger partial charge in [0.25, 0.3) is 6.69 Å². The van der Waals surface area contributed by atoms with Gasteiger partial charge in [0, 0.05) is 5.19 Å². The fourth-order valence-corrected chi connectivity index (χ4v) is 7.27. The minimum atomic E-state index is -7.16. The van der Waals surface area contributed by atoms with Crippen molar-refractivity contribution in [2.45, 2.75) is 6.55 Å². The lowest BCUT2D eigenvalue weighted by Crippen LogP contribution is -2.81. The fraction of sp³-hybridized carbons (Fsp3) is 0.0400. The lowest BCUT2D eigenvalue weighted by Gasteiger charge is -2.45. The molecule has 0 spiro atoms. The van der Waals surface area contributed by atoms with E-state index in [9.17, 15) is 39.5 Å². The first-order chi connectivity index (χ1) is 21.9. The maximum atomic E-state index is 16.0. The molecule has 23 heteroatoms. The molecule has 0 aromatic heterocycles. The van der Waals surface area contributed by atoms with Crippen LogP contribution in [0.3, 0.4) is 0 Å². The van der Waals surface area contributed by atoms with Crippen molar-refractivity contribution < 1.29 is 83.4 Å². The maximum absolute atomic E-state index is 16.0. The Labute approximate surface area is 262 Å². The minimum absolute atomic E-state index is 0.465. The maximum Gasteiger partial charge on any atom is 0.283 e. The van der Waals surface area contributed by atoms with Gasteiger partial charge in [-0.05, 0) is 6.55 Å². The summed E-state index contributed by atoms with van der Waals surface area (Å²) in [7, 11) is 0. The predicted octanol–water partition coefficient (Wildman–Crippen LogP) is 6.46. The van der Waals surface area contributed by atoms with Crippen LogP contribution in [0.5, 0.6) is 0 Å². The zero-order valence-electron chi connectivity index (χ0n) is 22.0. The molecular weight excluding hydrogens is 771 g/mol. The number of hydrogen-bond acceptors (Lipinski definition) is 0. The monoisotopic (exact) mass is 773 g/mol. The highest BCUT2D eigenvalue weighted by atomic mass is 35.7. The minimum Gasteiger partial charge on any atom is -0.207 e. The van der Waals surface area contributed by atoms with Crippen LogP contribution in [0.15, 0.2) is 0 Å². The molecule has 0 atom stereocenters. The summed E-state index contributed by atoms with van der Waals surface area (Å²) in [6.45, 7) is -4.41. The van der Waals surface area contributed by atoms with E-state index in [-0.39, 0.29) is 0 Å². The van der Waals surface area contributed by atoms with Gasteiger partial charge in [0.15, 0.2) is 64.0 Å². The van der Waals surface area contributed by atoms with Crippen molar-refractivity contribution in [1.82, 2.24) is 0 Å². The zero-order valence-corrected chi connectivity index (χ0v) is 24.5. The van der Waals surface area contributed by atoms with Crippen molar-refractivity contribution in [3.8, 4) is 0 Å². The van der Waals surface area contributed by atoms with Crippen molar-refractivity contribution in [2.75, 3.05) is 0 Å². The first-order valence-corrected chi connectivity index (χ1v) is 16.4. The van der Waals surface area contributed by atoms with E-state index in [0.29, 0.717) is 6.55 Å².